The van der Waals surface area contributed by atoms with Crippen molar-refractivity contribution < 1.29 is 24.4 Å². The van der Waals surface area contributed by atoms with Crippen molar-refractivity contribution in [3.8, 4) is 28.9 Å². The van der Waals surface area contributed by atoms with Crippen LogP contribution in [0.1, 0.15) is 36.2 Å². The zero-order chi connectivity index (χ0) is 15.4. The Morgan fingerprint density at radius 3 is 2.14 bits per heavy atom. The molecule has 4 rings (SSSR count). The number of ether oxygens (including phenoxy) is 3. The van der Waals surface area contributed by atoms with E-state index in [4.69, 9.17) is 14.2 Å². The lowest BCUT2D eigenvalue weighted by Gasteiger charge is -2.13. The summed E-state index contributed by atoms with van der Waals surface area (Å²) in [5.74, 6) is 1.19. The molecule has 116 valence electrons. The number of nitrogens with zero attached hydrogens (tertiary/aromatic N) is 1. The van der Waals surface area contributed by atoms with Crippen molar-refractivity contribution >= 4 is 0 Å². The van der Waals surface area contributed by atoms with E-state index in [2.05, 4.69) is 0 Å². The maximum atomic E-state index is 10.5. The zero-order valence-electron chi connectivity index (χ0n) is 12.4. The molecule has 0 unspecified atom stereocenters. The van der Waals surface area contributed by atoms with Crippen molar-refractivity contribution in [1.82, 2.24) is 4.57 Å². The molecule has 1 fully saturated rings. The molecule has 2 aliphatic rings. The average Bonchev–Trinajstić information content (AvgIpc) is 3.21. The van der Waals surface area contributed by atoms with E-state index in [-0.39, 0.29) is 24.0 Å². The standard InChI is InChI=1S/C16H17NO5/c1-20-9-4-3-8(7-12(9)21-2)17-15(18)13-10-5-6-11(22-10)14(13)16(17)19/h3-4,7,10-11,18-19H,5-6H2,1-2H3/t10-,11+. The molecule has 6 heteroatoms. The van der Waals surface area contributed by atoms with Crippen LogP contribution in [0.25, 0.3) is 5.69 Å². The molecule has 1 saturated heterocycles. The number of benzene rings is 1. The Bertz CT molecular complexity index is 718. The van der Waals surface area contributed by atoms with Gasteiger partial charge in [-0.05, 0) is 25.0 Å². The number of aromatic nitrogens is 1. The summed E-state index contributed by atoms with van der Waals surface area (Å²) >= 11 is 0. The highest BCUT2D eigenvalue weighted by Gasteiger charge is 2.45. The smallest absolute Gasteiger partial charge is 0.205 e. The molecule has 3 heterocycles. The Morgan fingerprint density at radius 1 is 1.00 bits per heavy atom. The van der Waals surface area contributed by atoms with Crippen molar-refractivity contribution in [3.05, 3.63) is 29.3 Å². The van der Waals surface area contributed by atoms with E-state index in [1.807, 2.05) is 0 Å². The third-order valence-corrected chi connectivity index (χ3v) is 4.48. The fourth-order valence-corrected chi connectivity index (χ4v) is 3.49. The summed E-state index contributed by atoms with van der Waals surface area (Å²) in [5.41, 5.74) is 2.04. The van der Waals surface area contributed by atoms with Gasteiger partial charge in [0.25, 0.3) is 0 Å². The topological polar surface area (TPSA) is 73.1 Å². The van der Waals surface area contributed by atoms with Crippen molar-refractivity contribution in [1.29, 1.82) is 0 Å². The fourth-order valence-electron chi connectivity index (χ4n) is 3.49. The van der Waals surface area contributed by atoms with Crippen LogP contribution in [0.15, 0.2) is 18.2 Å². The van der Waals surface area contributed by atoms with E-state index < -0.39 is 0 Å². The number of hydrogen-bond acceptors (Lipinski definition) is 5. The third kappa shape index (κ3) is 1.58. The molecule has 22 heavy (non-hydrogen) atoms. The predicted octanol–water partition coefficient (Wildman–Crippen LogP) is 2.81. The van der Waals surface area contributed by atoms with Gasteiger partial charge in [-0.3, -0.25) is 4.57 Å². The van der Waals surface area contributed by atoms with Gasteiger partial charge < -0.3 is 24.4 Å². The second kappa shape index (κ2) is 4.58. The molecule has 0 amide bonds. The summed E-state index contributed by atoms with van der Waals surface area (Å²) in [6, 6.07) is 5.22. The van der Waals surface area contributed by atoms with Gasteiger partial charge in [0, 0.05) is 6.07 Å². The molecule has 1 aromatic carbocycles. The SMILES string of the molecule is COc1ccc(-n2c(O)c3c(c2O)[C@H]2CC[C@@H]3O2)cc1OC. The maximum absolute atomic E-state index is 10.5. The molecule has 0 saturated carbocycles. The minimum atomic E-state index is -0.118. The lowest BCUT2D eigenvalue weighted by atomic mass is 9.95. The molecular formula is C16H17NO5. The summed E-state index contributed by atoms with van der Waals surface area (Å²) in [6.07, 6.45) is 1.51. The summed E-state index contributed by atoms with van der Waals surface area (Å²) in [5, 5.41) is 21.1. The van der Waals surface area contributed by atoms with Crippen LogP contribution >= 0.6 is 0 Å². The Morgan fingerprint density at radius 2 is 1.59 bits per heavy atom. The van der Waals surface area contributed by atoms with Gasteiger partial charge in [0.1, 0.15) is 0 Å². The number of hydrogen-bond donors (Lipinski definition) is 2. The molecule has 6 nitrogen and oxygen atoms in total. The van der Waals surface area contributed by atoms with E-state index in [1.54, 1.807) is 32.4 Å². The molecule has 2 bridgehead atoms. The van der Waals surface area contributed by atoms with E-state index in [1.165, 1.54) is 4.57 Å². The highest BCUT2D eigenvalue weighted by Crippen LogP contribution is 2.58. The molecule has 2 aromatic rings. The summed E-state index contributed by atoms with van der Waals surface area (Å²) in [7, 11) is 3.11. The molecule has 0 radical (unpaired) electrons. The molecule has 2 N–H and O–H groups in total. The van der Waals surface area contributed by atoms with Crippen LogP contribution in [-0.2, 0) is 4.74 Å². The monoisotopic (exact) mass is 303 g/mol. The summed E-state index contributed by atoms with van der Waals surface area (Å²) < 4.78 is 17.7. The van der Waals surface area contributed by atoms with Crippen LogP contribution in [-0.4, -0.2) is 29.0 Å². The zero-order valence-corrected chi connectivity index (χ0v) is 12.4. The van der Waals surface area contributed by atoms with E-state index >= 15 is 0 Å². The Hall–Kier alpha value is -2.34. The second-order valence-electron chi connectivity index (χ2n) is 5.54. The molecule has 1 aromatic heterocycles. The lowest BCUT2D eigenvalue weighted by Crippen LogP contribution is -1.98. The van der Waals surface area contributed by atoms with Gasteiger partial charge in [0.15, 0.2) is 11.5 Å². The summed E-state index contributed by atoms with van der Waals surface area (Å²) in [4.78, 5) is 0. The van der Waals surface area contributed by atoms with Gasteiger partial charge in [0.2, 0.25) is 11.8 Å². The van der Waals surface area contributed by atoms with Crippen LogP contribution in [0.2, 0.25) is 0 Å². The number of rotatable bonds is 3. The van der Waals surface area contributed by atoms with Gasteiger partial charge >= 0.3 is 0 Å². The van der Waals surface area contributed by atoms with Crippen LogP contribution in [0, 0.1) is 0 Å². The Balaban J connectivity index is 1.88. The molecule has 2 aliphatic heterocycles. The first-order valence-electron chi connectivity index (χ1n) is 7.20. The van der Waals surface area contributed by atoms with E-state index in [0.29, 0.717) is 28.3 Å². The molecule has 0 aliphatic carbocycles. The highest BCUT2D eigenvalue weighted by molar-refractivity contribution is 5.59. The Labute approximate surface area is 127 Å². The number of aromatic hydroxyl groups is 2. The van der Waals surface area contributed by atoms with Gasteiger partial charge in [-0.15, -0.1) is 0 Å². The van der Waals surface area contributed by atoms with E-state index in [0.717, 1.165) is 12.8 Å². The van der Waals surface area contributed by atoms with Crippen LogP contribution < -0.4 is 9.47 Å². The number of fused-ring (bicyclic) bond motifs is 5. The molecule has 0 spiro atoms. The minimum absolute atomic E-state index is 0.0342. The van der Waals surface area contributed by atoms with Crippen molar-refractivity contribution in [2.45, 2.75) is 25.0 Å². The first-order valence-corrected chi connectivity index (χ1v) is 7.20. The normalized spacial score (nSPS) is 21.9. The highest BCUT2D eigenvalue weighted by atomic mass is 16.5. The van der Waals surface area contributed by atoms with Gasteiger partial charge in [-0.1, -0.05) is 0 Å². The minimum Gasteiger partial charge on any atom is -0.494 e. The first kappa shape index (κ1) is 13.3. The largest absolute Gasteiger partial charge is 0.494 e. The van der Waals surface area contributed by atoms with E-state index in [9.17, 15) is 10.2 Å². The predicted molar refractivity (Wildman–Crippen MR) is 78.0 cm³/mol. The average molecular weight is 303 g/mol. The number of methoxy groups -OCH3 is 2. The maximum Gasteiger partial charge on any atom is 0.205 e. The van der Waals surface area contributed by atoms with Crippen molar-refractivity contribution in [3.63, 3.8) is 0 Å². The molecule has 2 atom stereocenters. The summed E-state index contributed by atoms with van der Waals surface area (Å²) in [6.45, 7) is 0. The quantitative estimate of drug-likeness (QED) is 0.912. The van der Waals surface area contributed by atoms with Gasteiger partial charge in [0.05, 0.1) is 43.2 Å². The second-order valence-corrected chi connectivity index (χ2v) is 5.54. The fraction of sp³-hybridized carbons (Fsp3) is 0.375. The lowest BCUT2D eigenvalue weighted by molar-refractivity contribution is 0.0683. The van der Waals surface area contributed by atoms with Gasteiger partial charge in [-0.2, -0.15) is 0 Å². The van der Waals surface area contributed by atoms with Crippen LogP contribution in [0.3, 0.4) is 0 Å². The van der Waals surface area contributed by atoms with Crippen LogP contribution in [0.5, 0.6) is 23.3 Å². The van der Waals surface area contributed by atoms with Gasteiger partial charge in [-0.25, -0.2) is 0 Å². The van der Waals surface area contributed by atoms with Crippen LogP contribution in [0.4, 0.5) is 0 Å². The van der Waals surface area contributed by atoms with Crippen molar-refractivity contribution in [2.24, 2.45) is 0 Å². The third-order valence-electron chi connectivity index (χ3n) is 4.48. The Kier molecular flexibility index (Phi) is 2.77. The van der Waals surface area contributed by atoms with Crippen molar-refractivity contribution in [2.75, 3.05) is 14.2 Å². The molecular weight excluding hydrogens is 286 g/mol. The first-order chi connectivity index (χ1) is 10.7.